The Labute approximate surface area is 163 Å². The van der Waals surface area contributed by atoms with Gasteiger partial charge in [-0.1, -0.05) is 6.07 Å². The number of carboxylic acids is 1. The second-order valence-corrected chi connectivity index (χ2v) is 6.68. The monoisotopic (exact) mass is 394 g/mol. The topological polar surface area (TPSA) is 134 Å². The number of nitrogens with one attached hydrogen (secondary N) is 2. The second kappa shape index (κ2) is 10.7. The van der Waals surface area contributed by atoms with E-state index in [0.29, 0.717) is 25.3 Å². The molecular weight excluding hydrogens is 368 g/mol. The highest BCUT2D eigenvalue weighted by atomic mass is 16.6. The largest absolute Gasteiger partial charge is 0.480 e. The number of carbonyl (C=O) groups excluding carboxylic acids is 1. The minimum absolute atomic E-state index is 0.0528. The number of rotatable bonds is 10. The fraction of sp³-hybridized carbons (Fsp3) is 0.556. The molecule has 1 aliphatic rings. The Bertz CT molecular complexity index is 705. The summed E-state index contributed by atoms with van der Waals surface area (Å²) >= 11 is 0. The Morgan fingerprint density at radius 2 is 2.07 bits per heavy atom. The van der Waals surface area contributed by atoms with E-state index in [1.807, 2.05) is 0 Å². The van der Waals surface area contributed by atoms with Crippen molar-refractivity contribution < 1.29 is 24.4 Å². The number of hydrogen-bond acceptors (Lipinski definition) is 7. The molecule has 1 unspecified atom stereocenters. The molecule has 0 radical (unpaired) electrons. The Kier molecular flexibility index (Phi) is 8.30. The number of carbonyl (C=O) groups is 2. The summed E-state index contributed by atoms with van der Waals surface area (Å²) in [5.74, 6) is -1.74. The Balaban J connectivity index is 1.83. The first-order chi connectivity index (χ1) is 13.4. The molecular formula is C18H26N4O6. The van der Waals surface area contributed by atoms with Gasteiger partial charge in [-0.25, -0.2) is 0 Å². The zero-order chi connectivity index (χ0) is 20.5. The van der Waals surface area contributed by atoms with E-state index in [-0.39, 0.29) is 17.8 Å². The van der Waals surface area contributed by atoms with E-state index in [2.05, 4.69) is 15.5 Å². The van der Waals surface area contributed by atoms with Crippen LogP contribution < -0.4 is 10.6 Å². The molecule has 154 valence electrons. The molecule has 1 amide bonds. The molecule has 0 spiro atoms. The molecule has 2 rings (SSSR count). The molecule has 1 saturated heterocycles. The molecule has 1 atom stereocenters. The predicted molar refractivity (Wildman–Crippen MR) is 102 cm³/mol. The van der Waals surface area contributed by atoms with Crippen molar-refractivity contribution in [2.45, 2.75) is 25.8 Å². The van der Waals surface area contributed by atoms with Crippen molar-refractivity contribution in [3.05, 3.63) is 33.9 Å². The summed E-state index contributed by atoms with van der Waals surface area (Å²) in [6.07, 6.45) is 0.423. The van der Waals surface area contributed by atoms with E-state index in [0.717, 1.165) is 26.1 Å². The Morgan fingerprint density at radius 3 is 2.71 bits per heavy atom. The van der Waals surface area contributed by atoms with Crippen LogP contribution in [0.15, 0.2) is 18.2 Å². The van der Waals surface area contributed by atoms with E-state index < -0.39 is 22.8 Å². The number of carboxylic acid groups (broad SMARTS) is 1. The van der Waals surface area contributed by atoms with Crippen molar-refractivity contribution in [3.63, 3.8) is 0 Å². The van der Waals surface area contributed by atoms with Crippen LogP contribution in [0, 0.1) is 17.0 Å². The van der Waals surface area contributed by atoms with Crippen LogP contribution in [-0.2, 0) is 14.3 Å². The molecule has 0 aliphatic carbocycles. The van der Waals surface area contributed by atoms with Crippen molar-refractivity contribution in [2.24, 2.45) is 0 Å². The van der Waals surface area contributed by atoms with Crippen LogP contribution in [0.4, 0.5) is 11.4 Å². The molecule has 28 heavy (non-hydrogen) atoms. The average Bonchev–Trinajstić information content (AvgIpc) is 2.66. The van der Waals surface area contributed by atoms with Gasteiger partial charge in [-0.3, -0.25) is 24.6 Å². The number of hydrogen-bond donors (Lipinski definition) is 3. The van der Waals surface area contributed by atoms with Crippen LogP contribution in [0.1, 0.15) is 18.4 Å². The number of nitro benzene ring substituents is 1. The molecule has 10 nitrogen and oxygen atoms in total. The molecule has 0 aromatic heterocycles. The molecule has 1 heterocycles. The van der Waals surface area contributed by atoms with E-state index >= 15 is 0 Å². The fourth-order valence-corrected chi connectivity index (χ4v) is 2.94. The number of benzene rings is 1. The van der Waals surface area contributed by atoms with Gasteiger partial charge in [-0.05, 0) is 38.1 Å². The summed E-state index contributed by atoms with van der Waals surface area (Å²) in [7, 11) is 0. The quantitative estimate of drug-likeness (QED) is 0.304. The number of nitro groups is 1. The Morgan fingerprint density at radius 1 is 1.36 bits per heavy atom. The van der Waals surface area contributed by atoms with Crippen LogP contribution in [-0.4, -0.2) is 72.2 Å². The number of anilines is 1. The third-order valence-electron chi connectivity index (χ3n) is 4.46. The van der Waals surface area contributed by atoms with Gasteiger partial charge in [0.2, 0.25) is 5.91 Å². The Hall–Kier alpha value is -2.56. The fourth-order valence-electron chi connectivity index (χ4n) is 2.94. The van der Waals surface area contributed by atoms with Crippen LogP contribution in [0.25, 0.3) is 0 Å². The molecule has 0 saturated carbocycles. The summed E-state index contributed by atoms with van der Waals surface area (Å²) in [5.41, 5.74) is 0.519. The maximum Gasteiger partial charge on any atom is 0.321 e. The summed E-state index contributed by atoms with van der Waals surface area (Å²) < 4.78 is 5.28. The van der Waals surface area contributed by atoms with Crippen molar-refractivity contribution in [1.29, 1.82) is 0 Å². The highest BCUT2D eigenvalue weighted by Crippen LogP contribution is 2.25. The van der Waals surface area contributed by atoms with Gasteiger partial charge in [0, 0.05) is 19.2 Å². The third kappa shape index (κ3) is 6.87. The zero-order valence-electron chi connectivity index (χ0n) is 15.8. The minimum atomic E-state index is -1.14. The standard InChI is InChI=1S/C18H26N4O6/c1-13-3-4-14(16(11-13)22(26)27)20-17(23)12-15(18(24)25)19-5-2-6-21-7-9-28-10-8-21/h3-4,11,15,19H,2,5-10,12H2,1H3,(H,20,23)(H,24,25). The van der Waals surface area contributed by atoms with Gasteiger partial charge in [-0.15, -0.1) is 0 Å². The SMILES string of the molecule is Cc1ccc(NC(=O)CC(NCCCN2CCOCC2)C(=O)O)c([N+](=O)[O-])c1. The number of aliphatic carboxylic acids is 1. The van der Waals surface area contributed by atoms with Gasteiger partial charge in [0.15, 0.2) is 0 Å². The van der Waals surface area contributed by atoms with Crippen molar-refractivity contribution in [2.75, 3.05) is 44.7 Å². The summed E-state index contributed by atoms with van der Waals surface area (Å²) in [4.78, 5) is 36.4. The minimum Gasteiger partial charge on any atom is -0.480 e. The summed E-state index contributed by atoms with van der Waals surface area (Å²) in [5, 5.41) is 25.8. The highest BCUT2D eigenvalue weighted by molar-refractivity contribution is 5.95. The first-order valence-electron chi connectivity index (χ1n) is 9.18. The van der Waals surface area contributed by atoms with E-state index in [9.17, 15) is 24.8 Å². The van der Waals surface area contributed by atoms with Gasteiger partial charge in [-0.2, -0.15) is 0 Å². The zero-order valence-corrected chi connectivity index (χ0v) is 15.8. The van der Waals surface area contributed by atoms with Crippen LogP contribution >= 0.6 is 0 Å². The van der Waals surface area contributed by atoms with Crippen molar-refractivity contribution in [1.82, 2.24) is 10.2 Å². The molecule has 1 aromatic carbocycles. The number of amides is 1. The van der Waals surface area contributed by atoms with Crippen LogP contribution in [0.5, 0.6) is 0 Å². The van der Waals surface area contributed by atoms with Gasteiger partial charge in [0.25, 0.3) is 5.69 Å². The first kappa shape index (κ1) is 21.7. The maximum absolute atomic E-state index is 12.2. The first-order valence-corrected chi connectivity index (χ1v) is 9.18. The van der Waals surface area contributed by atoms with E-state index in [1.165, 1.54) is 12.1 Å². The maximum atomic E-state index is 12.2. The van der Waals surface area contributed by atoms with E-state index in [1.54, 1.807) is 13.0 Å². The third-order valence-corrected chi connectivity index (χ3v) is 4.46. The number of aryl methyl sites for hydroxylation is 1. The molecule has 1 fully saturated rings. The van der Waals surface area contributed by atoms with Gasteiger partial charge in [0.1, 0.15) is 11.7 Å². The lowest BCUT2D eigenvalue weighted by molar-refractivity contribution is -0.384. The molecule has 0 bridgehead atoms. The molecule has 1 aromatic rings. The lowest BCUT2D eigenvalue weighted by Gasteiger charge is -2.26. The number of morpholine rings is 1. The number of ether oxygens (including phenoxy) is 1. The van der Waals surface area contributed by atoms with Crippen LogP contribution in [0.2, 0.25) is 0 Å². The van der Waals surface area contributed by atoms with Crippen molar-refractivity contribution >= 4 is 23.3 Å². The highest BCUT2D eigenvalue weighted by Gasteiger charge is 2.23. The van der Waals surface area contributed by atoms with Gasteiger partial charge >= 0.3 is 5.97 Å². The van der Waals surface area contributed by atoms with Gasteiger partial charge in [0.05, 0.1) is 24.6 Å². The smallest absolute Gasteiger partial charge is 0.321 e. The molecule has 1 aliphatic heterocycles. The van der Waals surface area contributed by atoms with E-state index in [4.69, 9.17) is 4.74 Å². The number of nitrogens with zero attached hydrogens (tertiary/aromatic N) is 2. The summed E-state index contributed by atoms with van der Waals surface area (Å²) in [6.45, 7) is 6.11. The van der Waals surface area contributed by atoms with Crippen LogP contribution in [0.3, 0.4) is 0 Å². The lowest BCUT2D eigenvalue weighted by Crippen LogP contribution is -2.42. The second-order valence-electron chi connectivity index (χ2n) is 6.68. The predicted octanol–water partition coefficient (Wildman–Crippen LogP) is 0.997. The molecule has 10 heteroatoms. The average molecular weight is 394 g/mol. The lowest BCUT2D eigenvalue weighted by atomic mass is 10.1. The van der Waals surface area contributed by atoms with Crippen molar-refractivity contribution in [3.8, 4) is 0 Å². The normalized spacial score (nSPS) is 15.8. The molecule has 3 N–H and O–H groups in total. The summed E-state index contributed by atoms with van der Waals surface area (Å²) in [6, 6.07) is 3.38. The van der Waals surface area contributed by atoms with Gasteiger partial charge < -0.3 is 20.5 Å².